The van der Waals surface area contributed by atoms with Crippen LogP contribution in [0.3, 0.4) is 0 Å². The van der Waals surface area contributed by atoms with E-state index in [2.05, 4.69) is 33.8 Å². The van der Waals surface area contributed by atoms with Gasteiger partial charge in [0.2, 0.25) is 0 Å². The van der Waals surface area contributed by atoms with Crippen molar-refractivity contribution in [3.8, 4) is 0 Å². The van der Waals surface area contributed by atoms with Crippen molar-refractivity contribution in [3.63, 3.8) is 0 Å². The number of methoxy groups -OCH3 is 1. The van der Waals surface area contributed by atoms with Gasteiger partial charge in [-0.25, -0.2) is 0 Å². The fourth-order valence-electron chi connectivity index (χ4n) is 4.46. The molecular weight excluding hydrogens is 460 g/mol. The number of hydrogen-bond donors (Lipinski definition) is 0. The van der Waals surface area contributed by atoms with Crippen LogP contribution in [0.2, 0.25) is 0 Å². The smallest absolute Gasteiger partial charge is 1.00 e. The molecular formula is C16H25ClHgO2. The van der Waals surface area contributed by atoms with Gasteiger partial charge >= 0.3 is 33.6 Å². The number of carbonyl (C=O) groups is 1. The van der Waals surface area contributed by atoms with Gasteiger partial charge in [0.1, 0.15) is 0 Å². The Hall–Kier alpha value is 0.435. The quantitative estimate of drug-likeness (QED) is 0.312. The van der Waals surface area contributed by atoms with Crippen LogP contribution in [0.25, 0.3) is 0 Å². The van der Waals surface area contributed by atoms with Gasteiger partial charge in [0.15, 0.2) is 0 Å². The van der Waals surface area contributed by atoms with E-state index in [1.165, 1.54) is 7.11 Å². The normalized spacial score (nSPS) is 35.1. The molecule has 0 aromatic carbocycles. The van der Waals surface area contributed by atoms with Crippen LogP contribution in [0, 0.1) is 29.1 Å². The molecule has 2 fully saturated rings. The maximum absolute atomic E-state index is 12.2. The van der Waals surface area contributed by atoms with Crippen LogP contribution >= 0.6 is 0 Å². The summed E-state index contributed by atoms with van der Waals surface area (Å²) >= 11 is 0. The average molecular weight is 485 g/mol. The van der Waals surface area contributed by atoms with Gasteiger partial charge in [0.25, 0.3) is 0 Å². The monoisotopic (exact) mass is 486 g/mol. The van der Waals surface area contributed by atoms with E-state index in [9.17, 15) is 4.79 Å². The van der Waals surface area contributed by atoms with Gasteiger partial charge in [0, 0.05) is 0 Å². The third-order valence-electron chi connectivity index (χ3n) is 5.31. The zero-order valence-corrected chi connectivity index (χ0v) is 19.4. The Kier molecular flexibility index (Phi) is 7.29. The summed E-state index contributed by atoms with van der Waals surface area (Å²) in [5, 5.41) is 0. The zero-order chi connectivity index (χ0) is 13.6. The van der Waals surface area contributed by atoms with Crippen LogP contribution in [0.4, 0.5) is 0 Å². The molecule has 2 radical (unpaired) electrons. The van der Waals surface area contributed by atoms with Gasteiger partial charge in [-0.1, -0.05) is 32.9 Å². The summed E-state index contributed by atoms with van der Waals surface area (Å²) in [6, 6.07) is 0. The number of ether oxygens (including phenoxy) is 1. The minimum absolute atomic E-state index is 0. The number of carbonyl (C=O) groups excluding carboxylic acids is 1. The Morgan fingerprint density at radius 2 is 2.00 bits per heavy atom. The molecule has 0 N–H and O–H groups in total. The number of rotatable bonds is 1. The Morgan fingerprint density at radius 1 is 1.40 bits per heavy atom. The number of fused-ring (bicyclic) bond motifs is 1. The number of hydrogen-bond acceptors (Lipinski definition) is 2. The maximum atomic E-state index is 12.2. The summed E-state index contributed by atoms with van der Waals surface area (Å²) in [4.78, 5) is 12.2. The van der Waals surface area contributed by atoms with Crippen molar-refractivity contribution in [2.24, 2.45) is 22.7 Å². The second-order valence-electron chi connectivity index (χ2n) is 6.78. The summed E-state index contributed by atoms with van der Waals surface area (Å²) in [7, 11) is 1.49. The van der Waals surface area contributed by atoms with E-state index < -0.39 is 0 Å². The van der Waals surface area contributed by atoms with Crippen LogP contribution in [0.5, 0.6) is 0 Å². The molecule has 0 aliphatic heterocycles. The second-order valence-corrected chi connectivity index (χ2v) is 6.78. The first-order valence-corrected chi connectivity index (χ1v) is 6.93. The van der Waals surface area contributed by atoms with E-state index in [-0.39, 0.29) is 62.8 Å². The van der Waals surface area contributed by atoms with Gasteiger partial charge in [-0.2, -0.15) is 0 Å². The first-order valence-electron chi connectivity index (χ1n) is 6.93. The molecule has 4 heteroatoms. The topological polar surface area (TPSA) is 26.3 Å². The Balaban J connectivity index is 0.00000180. The standard InChI is InChI=1S/C16H25O2.ClH.Hg/c1-11-7-8-12-15(2,3)9-6-10-16(12,4)13(11)14(17)18-5;;/h9,12-13H,1,6-8,10H2,2-5H3;1H;/q;;+1/p-1/t12-,13?,16-;;/m0../s1. The predicted octanol–water partition coefficient (Wildman–Crippen LogP) is 0.774. The minimum atomic E-state index is -0.116. The van der Waals surface area contributed by atoms with E-state index in [0.29, 0.717) is 5.92 Å². The molecule has 0 aromatic rings. The van der Waals surface area contributed by atoms with Crippen LogP contribution in [-0.2, 0) is 37.2 Å². The average Bonchev–Trinajstić information content (AvgIpc) is 2.26. The maximum Gasteiger partial charge on any atom is 1.00 e. The molecule has 2 nitrogen and oxygen atoms in total. The van der Waals surface area contributed by atoms with Crippen LogP contribution in [0.15, 0.2) is 12.2 Å². The first kappa shape index (κ1) is 20.4. The molecule has 0 saturated heterocycles. The molecule has 0 amide bonds. The molecule has 2 aliphatic carbocycles. The van der Waals surface area contributed by atoms with Gasteiger partial charge in [-0.15, -0.1) is 0 Å². The fourth-order valence-corrected chi connectivity index (χ4v) is 4.46. The van der Waals surface area contributed by atoms with Crippen LogP contribution in [-0.4, -0.2) is 13.1 Å². The third-order valence-corrected chi connectivity index (χ3v) is 5.31. The first-order chi connectivity index (χ1) is 8.33. The van der Waals surface area contributed by atoms with Crippen LogP contribution < -0.4 is 12.4 Å². The van der Waals surface area contributed by atoms with Crippen molar-refractivity contribution in [3.05, 3.63) is 18.6 Å². The summed E-state index contributed by atoms with van der Waals surface area (Å²) in [5.74, 6) is 0.340. The van der Waals surface area contributed by atoms with E-state index in [1.54, 1.807) is 0 Å². The van der Waals surface area contributed by atoms with Crippen molar-refractivity contribution in [2.45, 2.75) is 46.5 Å². The van der Waals surface area contributed by atoms with Gasteiger partial charge in [-0.3, -0.25) is 4.79 Å². The summed E-state index contributed by atoms with van der Waals surface area (Å²) in [5.41, 5.74) is 1.29. The van der Waals surface area contributed by atoms with Gasteiger partial charge in [-0.05, 0) is 48.9 Å². The van der Waals surface area contributed by atoms with E-state index in [0.717, 1.165) is 31.3 Å². The van der Waals surface area contributed by atoms with E-state index in [4.69, 9.17) is 4.74 Å². The van der Waals surface area contributed by atoms with Crippen molar-refractivity contribution in [1.82, 2.24) is 0 Å². The predicted molar refractivity (Wildman–Crippen MR) is 72.8 cm³/mol. The Labute approximate surface area is 150 Å². The van der Waals surface area contributed by atoms with Gasteiger partial charge in [0.05, 0.1) is 13.0 Å². The molecule has 3 atom stereocenters. The van der Waals surface area contributed by atoms with Crippen molar-refractivity contribution in [1.29, 1.82) is 0 Å². The van der Waals surface area contributed by atoms with Crippen molar-refractivity contribution >= 4 is 5.97 Å². The Morgan fingerprint density at radius 3 is 2.55 bits per heavy atom. The minimum Gasteiger partial charge on any atom is -1.00 e. The number of halogens is 1. The van der Waals surface area contributed by atoms with Crippen LogP contribution in [0.1, 0.15) is 46.5 Å². The van der Waals surface area contributed by atoms with Gasteiger partial charge < -0.3 is 17.1 Å². The van der Waals surface area contributed by atoms with E-state index >= 15 is 0 Å². The van der Waals surface area contributed by atoms with Crippen molar-refractivity contribution in [2.75, 3.05) is 7.11 Å². The molecule has 2 aliphatic rings. The molecule has 1 unspecified atom stereocenters. The molecule has 2 rings (SSSR count). The summed E-state index contributed by atoms with van der Waals surface area (Å²) in [6.07, 6.45) is 6.69. The van der Waals surface area contributed by atoms with Crippen molar-refractivity contribution < 1.29 is 49.6 Å². The molecule has 0 heterocycles. The largest absolute Gasteiger partial charge is 1.00 e. The second kappa shape index (κ2) is 7.13. The molecule has 110 valence electrons. The van der Waals surface area contributed by atoms with E-state index in [1.807, 2.05) is 0 Å². The SMILES string of the molecule is C=C1CC[C@H]2C(C)(C)[CH]CC[C@]2(C)C1C(=O)OC.[Cl-].[Hg+]. The fraction of sp³-hybridized carbons (Fsp3) is 0.750. The molecule has 0 bridgehead atoms. The molecule has 0 spiro atoms. The third kappa shape index (κ3) is 3.26. The molecule has 0 aromatic heterocycles. The summed E-state index contributed by atoms with van der Waals surface area (Å²) in [6.45, 7) is 11.0. The number of esters is 1. The molecule has 2 saturated carbocycles. The Bertz CT molecular complexity index is 373. The zero-order valence-electron chi connectivity index (χ0n) is 13.2. The summed E-state index contributed by atoms with van der Waals surface area (Å²) < 4.78 is 5.03. The molecule has 20 heavy (non-hydrogen) atoms.